The number of nitrogens with zero attached hydrogens (tertiary/aromatic N) is 4. The first-order chi connectivity index (χ1) is 14.6. The van der Waals surface area contributed by atoms with Gasteiger partial charge in [0.1, 0.15) is 6.61 Å². The first-order valence-corrected chi connectivity index (χ1v) is 11.0. The lowest BCUT2D eigenvalue weighted by Crippen LogP contribution is -2.41. The molecule has 162 valence electrons. The van der Waals surface area contributed by atoms with Crippen LogP contribution in [0.1, 0.15) is 61.4 Å². The van der Waals surface area contributed by atoms with Crippen LogP contribution >= 0.6 is 0 Å². The van der Waals surface area contributed by atoms with Crippen LogP contribution in [0.5, 0.6) is 0 Å². The van der Waals surface area contributed by atoms with Gasteiger partial charge in [-0.25, -0.2) is 9.50 Å². The van der Waals surface area contributed by atoms with Crippen molar-refractivity contribution in [1.82, 2.24) is 24.8 Å². The Morgan fingerprint density at radius 3 is 2.63 bits per heavy atom. The maximum absolute atomic E-state index is 12.8. The lowest BCUT2D eigenvalue weighted by Gasteiger charge is -2.34. The van der Waals surface area contributed by atoms with Crippen LogP contribution in [-0.2, 0) is 20.9 Å². The number of fused-ring (bicyclic) bond motifs is 1. The van der Waals surface area contributed by atoms with Gasteiger partial charge in [0.2, 0.25) is 11.8 Å². The molecule has 2 aliphatic rings. The lowest BCUT2D eigenvalue weighted by atomic mass is 9.90. The number of nitrogens with one attached hydrogen (secondary N) is 1. The SMILES string of the molecule is COCC(=O)NCc1cnc2cc(C)nn2c1C1CCN(C(=O)C2CCCC2)CC1. The molecule has 2 aromatic heterocycles. The predicted octanol–water partition coefficient (Wildman–Crippen LogP) is 2.20. The lowest BCUT2D eigenvalue weighted by molar-refractivity contribution is -0.136. The Bertz CT molecular complexity index is 911. The molecule has 1 aliphatic heterocycles. The highest BCUT2D eigenvalue weighted by Crippen LogP contribution is 2.33. The predicted molar refractivity (Wildman–Crippen MR) is 112 cm³/mol. The summed E-state index contributed by atoms with van der Waals surface area (Å²) in [5, 5.41) is 7.57. The Kier molecular flexibility index (Phi) is 6.32. The number of likely N-dealkylation sites (tertiary alicyclic amines) is 1. The molecule has 2 aromatic rings. The molecule has 1 N–H and O–H groups in total. The van der Waals surface area contributed by atoms with Crippen LogP contribution < -0.4 is 5.32 Å². The van der Waals surface area contributed by atoms with Crippen molar-refractivity contribution >= 4 is 17.5 Å². The molecule has 1 saturated heterocycles. The third kappa shape index (κ3) is 4.33. The van der Waals surface area contributed by atoms with E-state index >= 15 is 0 Å². The first kappa shape index (κ1) is 20.8. The highest BCUT2D eigenvalue weighted by Gasteiger charge is 2.32. The maximum Gasteiger partial charge on any atom is 0.246 e. The maximum atomic E-state index is 12.8. The standard InChI is InChI=1S/C22H31N5O3/c1-15-11-19-23-12-18(13-24-20(28)14-30-2)21(27(19)25-15)16-7-9-26(10-8-16)22(29)17-5-3-4-6-17/h11-12,16-17H,3-10,13-14H2,1-2H3,(H,24,28). The molecular formula is C22H31N5O3. The van der Waals surface area contributed by atoms with E-state index < -0.39 is 0 Å². The minimum Gasteiger partial charge on any atom is -0.375 e. The molecule has 8 nitrogen and oxygen atoms in total. The van der Waals surface area contributed by atoms with Gasteiger partial charge in [0.25, 0.3) is 0 Å². The molecule has 0 radical (unpaired) electrons. The molecule has 1 saturated carbocycles. The second kappa shape index (κ2) is 9.12. The third-order valence-corrected chi connectivity index (χ3v) is 6.37. The van der Waals surface area contributed by atoms with E-state index in [2.05, 4.69) is 20.3 Å². The Morgan fingerprint density at radius 1 is 1.20 bits per heavy atom. The first-order valence-electron chi connectivity index (χ1n) is 11.0. The molecule has 0 bridgehead atoms. The number of hydrogen-bond acceptors (Lipinski definition) is 5. The van der Waals surface area contributed by atoms with Gasteiger partial charge in [0, 0.05) is 56.4 Å². The van der Waals surface area contributed by atoms with E-state index in [1.807, 2.05) is 23.7 Å². The van der Waals surface area contributed by atoms with E-state index in [0.29, 0.717) is 12.5 Å². The molecule has 1 aliphatic carbocycles. The molecular weight excluding hydrogens is 382 g/mol. The Morgan fingerprint density at radius 2 is 1.93 bits per heavy atom. The zero-order valence-corrected chi connectivity index (χ0v) is 17.9. The van der Waals surface area contributed by atoms with Crippen molar-refractivity contribution < 1.29 is 14.3 Å². The van der Waals surface area contributed by atoms with Gasteiger partial charge in [-0.15, -0.1) is 0 Å². The van der Waals surface area contributed by atoms with Crippen LogP contribution in [0.3, 0.4) is 0 Å². The van der Waals surface area contributed by atoms with Crippen LogP contribution in [-0.4, -0.2) is 58.1 Å². The molecule has 0 aromatic carbocycles. The normalized spacial score (nSPS) is 18.3. The summed E-state index contributed by atoms with van der Waals surface area (Å²) in [6.07, 6.45) is 8.08. The third-order valence-electron chi connectivity index (χ3n) is 6.37. The molecule has 2 fully saturated rings. The summed E-state index contributed by atoms with van der Waals surface area (Å²) in [5.41, 5.74) is 3.80. The van der Waals surface area contributed by atoms with Gasteiger partial charge in [-0.3, -0.25) is 9.59 Å². The van der Waals surface area contributed by atoms with Crippen LogP contribution in [0.2, 0.25) is 0 Å². The summed E-state index contributed by atoms with van der Waals surface area (Å²) in [6.45, 7) is 3.94. The molecule has 4 rings (SSSR count). The van der Waals surface area contributed by atoms with Crippen molar-refractivity contribution in [2.45, 2.75) is 57.9 Å². The minimum atomic E-state index is -0.155. The fourth-order valence-electron chi connectivity index (χ4n) is 4.85. The number of amides is 2. The Labute approximate surface area is 177 Å². The number of methoxy groups -OCH3 is 1. The highest BCUT2D eigenvalue weighted by molar-refractivity contribution is 5.79. The second-order valence-electron chi connectivity index (χ2n) is 8.52. The van der Waals surface area contributed by atoms with Crippen LogP contribution in [0.15, 0.2) is 12.3 Å². The average Bonchev–Trinajstić information content (AvgIpc) is 3.41. The van der Waals surface area contributed by atoms with E-state index in [0.717, 1.165) is 61.4 Å². The van der Waals surface area contributed by atoms with Gasteiger partial charge in [-0.1, -0.05) is 12.8 Å². The van der Waals surface area contributed by atoms with Crippen molar-refractivity contribution in [2.24, 2.45) is 5.92 Å². The molecule has 3 heterocycles. The summed E-state index contributed by atoms with van der Waals surface area (Å²) in [6, 6.07) is 1.97. The van der Waals surface area contributed by atoms with Crippen LogP contribution in [0, 0.1) is 12.8 Å². The van der Waals surface area contributed by atoms with Gasteiger partial charge >= 0.3 is 0 Å². The number of rotatable bonds is 6. The fraction of sp³-hybridized carbons (Fsp3) is 0.636. The van der Waals surface area contributed by atoms with E-state index in [4.69, 9.17) is 4.74 Å². The smallest absolute Gasteiger partial charge is 0.246 e. The van der Waals surface area contributed by atoms with Crippen LogP contribution in [0.4, 0.5) is 0 Å². The summed E-state index contributed by atoms with van der Waals surface area (Å²) >= 11 is 0. The largest absolute Gasteiger partial charge is 0.375 e. The fourth-order valence-corrected chi connectivity index (χ4v) is 4.85. The monoisotopic (exact) mass is 413 g/mol. The molecule has 0 unspecified atom stereocenters. The van der Waals surface area contributed by atoms with Crippen molar-refractivity contribution in [3.05, 3.63) is 29.2 Å². The molecule has 0 atom stereocenters. The average molecular weight is 414 g/mol. The Balaban J connectivity index is 1.52. The van der Waals surface area contributed by atoms with E-state index in [1.165, 1.54) is 20.0 Å². The van der Waals surface area contributed by atoms with Crippen molar-refractivity contribution in [3.63, 3.8) is 0 Å². The van der Waals surface area contributed by atoms with E-state index in [-0.39, 0.29) is 24.3 Å². The van der Waals surface area contributed by atoms with E-state index in [1.54, 1.807) is 0 Å². The topological polar surface area (TPSA) is 88.8 Å². The highest BCUT2D eigenvalue weighted by atomic mass is 16.5. The number of ether oxygens (including phenoxy) is 1. The number of hydrogen-bond donors (Lipinski definition) is 1. The van der Waals surface area contributed by atoms with Gasteiger partial charge in [0.05, 0.1) is 11.4 Å². The zero-order valence-electron chi connectivity index (χ0n) is 17.9. The van der Waals surface area contributed by atoms with Gasteiger partial charge in [-0.2, -0.15) is 5.10 Å². The van der Waals surface area contributed by atoms with E-state index in [9.17, 15) is 9.59 Å². The molecule has 8 heteroatoms. The number of piperidine rings is 1. The molecule has 2 amide bonds. The number of aromatic nitrogens is 3. The number of aryl methyl sites for hydroxylation is 1. The summed E-state index contributed by atoms with van der Waals surface area (Å²) in [7, 11) is 1.51. The zero-order chi connectivity index (χ0) is 21.1. The minimum absolute atomic E-state index is 0.0353. The summed E-state index contributed by atoms with van der Waals surface area (Å²) in [4.78, 5) is 31.3. The summed E-state index contributed by atoms with van der Waals surface area (Å²) in [5.74, 6) is 0.691. The van der Waals surface area contributed by atoms with Gasteiger partial charge in [0.15, 0.2) is 5.65 Å². The van der Waals surface area contributed by atoms with Crippen molar-refractivity contribution in [2.75, 3.05) is 26.8 Å². The van der Waals surface area contributed by atoms with Crippen LogP contribution in [0.25, 0.3) is 5.65 Å². The number of carbonyl (C=O) groups is 2. The van der Waals surface area contributed by atoms with Crippen molar-refractivity contribution in [1.29, 1.82) is 0 Å². The van der Waals surface area contributed by atoms with Gasteiger partial charge in [-0.05, 0) is 32.6 Å². The molecule has 30 heavy (non-hydrogen) atoms. The Hall–Kier alpha value is -2.48. The summed E-state index contributed by atoms with van der Waals surface area (Å²) < 4.78 is 6.83. The quantitative estimate of drug-likeness (QED) is 0.784. The van der Waals surface area contributed by atoms with Crippen molar-refractivity contribution in [3.8, 4) is 0 Å². The molecule has 0 spiro atoms. The second-order valence-corrected chi connectivity index (χ2v) is 8.52. The number of carbonyl (C=O) groups excluding carboxylic acids is 2. The van der Waals surface area contributed by atoms with Gasteiger partial charge < -0.3 is 15.0 Å².